The number of nitrogens with zero attached hydrogens (tertiary/aromatic N) is 2. The molecule has 1 unspecified atom stereocenters. The van der Waals surface area contributed by atoms with Crippen LogP contribution in [0, 0.1) is 0 Å². The minimum absolute atomic E-state index is 0.0388. The van der Waals surface area contributed by atoms with Gasteiger partial charge >= 0.3 is 6.18 Å². The van der Waals surface area contributed by atoms with Crippen LogP contribution in [0.2, 0.25) is 0 Å². The van der Waals surface area contributed by atoms with Gasteiger partial charge in [-0.3, -0.25) is 4.90 Å². The molecule has 2 heterocycles. The van der Waals surface area contributed by atoms with Crippen molar-refractivity contribution in [3.8, 4) is 11.3 Å². The summed E-state index contributed by atoms with van der Waals surface area (Å²) >= 11 is 0. The van der Waals surface area contributed by atoms with E-state index in [9.17, 15) is 13.2 Å². The molecule has 1 N–H and O–H groups in total. The Morgan fingerprint density at radius 2 is 2.00 bits per heavy atom. The van der Waals surface area contributed by atoms with Crippen LogP contribution in [0.5, 0.6) is 0 Å². The maximum Gasteiger partial charge on any atom is 0.416 e. The topological polar surface area (TPSA) is 41.1 Å². The van der Waals surface area contributed by atoms with Crippen LogP contribution in [0.15, 0.2) is 30.5 Å². The first kappa shape index (κ1) is 15.1. The molecule has 2 aromatic rings. The van der Waals surface area contributed by atoms with Gasteiger partial charge in [0.05, 0.1) is 36.7 Å². The van der Waals surface area contributed by atoms with Gasteiger partial charge in [-0.15, -0.1) is 0 Å². The van der Waals surface area contributed by atoms with E-state index in [1.165, 1.54) is 12.1 Å². The first-order valence-corrected chi connectivity index (χ1v) is 6.95. The third-order valence-electron chi connectivity index (χ3n) is 3.83. The summed E-state index contributed by atoms with van der Waals surface area (Å²) in [6, 6.07) is 5.08. The highest BCUT2D eigenvalue weighted by Gasteiger charge is 2.30. The van der Waals surface area contributed by atoms with Crippen LogP contribution < -0.4 is 0 Å². The number of nitrogens with one attached hydrogen (secondary N) is 1. The monoisotopic (exact) mass is 311 g/mol. The third-order valence-corrected chi connectivity index (χ3v) is 3.83. The summed E-state index contributed by atoms with van der Waals surface area (Å²) in [7, 11) is 1.99. The Morgan fingerprint density at radius 3 is 2.64 bits per heavy atom. The highest BCUT2D eigenvalue weighted by molar-refractivity contribution is 5.59. The van der Waals surface area contributed by atoms with Crippen LogP contribution in [-0.2, 0) is 10.9 Å². The van der Waals surface area contributed by atoms with Gasteiger partial charge in [-0.25, -0.2) is 4.98 Å². The largest absolute Gasteiger partial charge is 0.416 e. The number of ether oxygens (including phenoxy) is 1. The molecule has 4 nitrogen and oxygen atoms in total. The van der Waals surface area contributed by atoms with E-state index in [0.29, 0.717) is 24.5 Å². The number of alkyl halides is 3. The fourth-order valence-electron chi connectivity index (χ4n) is 2.47. The van der Waals surface area contributed by atoms with Gasteiger partial charge in [0.25, 0.3) is 0 Å². The van der Waals surface area contributed by atoms with Crippen LogP contribution in [0.3, 0.4) is 0 Å². The van der Waals surface area contributed by atoms with Crippen LogP contribution in [-0.4, -0.2) is 41.7 Å². The lowest BCUT2D eigenvalue weighted by Gasteiger charge is -2.30. The standard InChI is InChI=1S/C15H16F3N3O/c1-21-6-7-22-9-13(21)14-19-8-12(20-14)10-2-4-11(5-3-10)15(16,17)18/h2-5,8,13H,6-7,9H2,1H3,(H,19,20). The fraction of sp³-hybridized carbons (Fsp3) is 0.400. The van der Waals surface area contributed by atoms with Crippen LogP contribution in [0.4, 0.5) is 13.2 Å². The van der Waals surface area contributed by atoms with E-state index in [-0.39, 0.29) is 6.04 Å². The van der Waals surface area contributed by atoms with Gasteiger partial charge in [-0.1, -0.05) is 12.1 Å². The molecule has 0 spiro atoms. The van der Waals surface area contributed by atoms with Gasteiger partial charge in [-0.05, 0) is 24.7 Å². The second kappa shape index (κ2) is 5.73. The summed E-state index contributed by atoms with van der Waals surface area (Å²) in [5, 5.41) is 0. The zero-order valence-corrected chi connectivity index (χ0v) is 12.0. The molecular formula is C15H16F3N3O. The minimum atomic E-state index is -4.32. The Balaban J connectivity index is 1.81. The van der Waals surface area contributed by atoms with E-state index in [1.54, 1.807) is 6.20 Å². The maximum absolute atomic E-state index is 12.6. The number of hydrogen-bond acceptors (Lipinski definition) is 3. The number of hydrogen-bond donors (Lipinski definition) is 1. The van der Waals surface area contributed by atoms with Crippen molar-refractivity contribution in [3.05, 3.63) is 41.9 Å². The van der Waals surface area contributed by atoms with Crippen molar-refractivity contribution in [1.29, 1.82) is 0 Å². The minimum Gasteiger partial charge on any atom is -0.378 e. The van der Waals surface area contributed by atoms with Crippen molar-refractivity contribution < 1.29 is 17.9 Å². The number of halogens is 3. The Labute approximate surface area is 125 Å². The number of morpholine rings is 1. The van der Waals surface area contributed by atoms with Crippen molar-refractivity contribution >= 4 is 0 Å². The van der Waals surface area contributed by atoms with Gasteiger partial charge in [-0.2, -0.15) is 13.2 Å². The number of aromatic nitrogens is 2. The number of rotatable bonds is 2. The molecule has 1 aliphatic rings. The second-order valence-electron chi connectivity index (χ2n) is 5.33. The van der Waals surface area contributed by atoms with E-state index < -0.39 is 11.7 Å². The average Bonchev–Trinajstić information content (AvgIpc) is 2.96. The predicted octanol–water partition coefficient (Wildman–Crippen LogP) is 3.10. The Bertz CT molecular complexity index is 636. The molecule has 1 aliphatic heterocycles. The molecule has 7 heteroatoms. The summed E-state index contributed by atoms with van der Waals surface area (Å²) < 4.78 is 43.2. The molecule has 1 atom stereocenters. The summed E-state index contributed by atoms with van der Waals surface area (Å²) in [5.74, 6) is 0.761. The van der Waals surface area contributed by atoms with Crippen molar-refractivity contribution in [2.75, 3.05) is 26.8 Å². The molecule has 22 heavy (non-hydrogen) atoms. The molecule has 0 aliphatic carbocycles. The van der Waals surface area contributed by atoms with E-state index in [4.69, 9.17) is 4.74 Å². The van der Waals surface area contributed by atoms with Crippen molar-refractivity contribution in [1.82, 2.24) is 14.9 Å². The van der Waals surface area contributed by atoms with Crippen molar-refractivity contribution in [2.24, 2.45) is 0 Å². The van der Waals surface area contributed by atoms with E-state index in [2.05, 4.69) is 14.9 Å². The molecule has 0 saturated carbocycles. The number of H-pyrrole nitrogens is 1. The highest BCUT2D eigenvalue weighted by Crippen LogP contribution is 2.31. The molecule has 0 radical (unpaired) electrons. The first-order valence-electron chi connectivity index (χ1n) is 6.95. The molecule has 1 aromatic heterocycles. The van der Waals surface area contributed by atoms with E-state index in [1.807, 2.05) is 7.05 Å². The lowest BCUT2D eigenvalue weighted by molar-refractivity contribution is -0.137. The second-order valence-corrected chi connectivity index (χ2v) is 5.33. The number of imidazole rings is 1. The Kier molecular flexibility index (Phi) is 3.92. The average molecular weight is 311 g/mol. The van der Waals surface area contributed by atoms with E-state index in [0.717, 1.165) is 24.5 Å². The van der Waals surface area contributed by atoms with Gasteiger partial charge in [0.1, 0.15) is 5.82 Å². The molecule has 0 amide bonds. The van der Waals surface area contributed by atoms with Gasteiger partial charge in [0.2, 0.25) is 0 Å². The van der Waals surface area contributed by atoms with Gasteiger partial charge in [0.15, 0.2) is 0 Å². The van der Waals surface area contributed by atoms with Crippen molar-refractivity contribution in [2.45, 2.75) is 12.2 Å². The smallest absolute Gasteiger partial charge is 0.378 e. The third kappa shape index (κ3) is 3.00. The lowest BCUT2D eigenvalue weighted by atomic mass is 10.1. The molecule has 1 aromatic carbocycles. The number of benzene rings is 1. The number of likely N-dealkylation sites (N-methyl/N-ethyl adjacent to an activating group) is 1. The predicted molar refractivity (Wildman–Crippen MR) is 75.2 cm³/mol. The van der Waals surface area contributed by atoms with Gasteiger partial charge in [0, 0.05) is 6.54 Å². The molecular weight excluding hydrogens is 295 g/mol. The zero-order chi connectivity index (χ0) is 15.7. The first-order chi connectivity index (χ1) is 10.4. The van der Waals surface area contributed by atoms with Crippen LogP contribution in [0.25, 0.3) is 11.3 Å². The molecule has 118 valence electrons. The fourth-order valence-corrected chi connectivity index (χ4v) is 2.47. The molecule has 3 rings (SSSR count). The van der Waals surface area contributed by atoms with Crippen LogP contribution in [0.1, 0.15) is 17.4 Å². The molecule has 1 saturated heterocycles. The van der Waals surface area contributed by atoms with Crippen molar-refractivity contribution in [3.63, 3.8) is 0 Å². The van der Waals surface area contributed by atoms with Crippen LogP contribution >= 0.6 is 0 Å². The SMILES string of the molecule is CN1CCOCC1c1ncc(-c2ccc(C(F)(F)F)cc2)[nH]1. The lowest BCUT2D eigenvalue weighted by Crippen LogP contribution is -2.37. The number of aromatic amines is 1. The maximum atomic E-state index is 12.6. The summed E-state index contributed by atoms with van der Waals surface area (Å²) in [6.45, 7) is 2.07. The van der Waals surface area contributed by atoms with E-state index >= 15 is 0 Å². The summed E-state index contributed by atoms with van der Waals surface area (Å²) in [4.78, 5) is 9.65. The quantitative estimate of drug-likeness (QED) is 0.926. The Morgan fingerprint density at radius 1 is 1.27 bits per heavy atom. The molecule has 0 bridgehead atoms. The highest BCUT2D eigenvalue weighted by atomic mass is 19.4. The summed E-state index contributed by atoms with van der Waals surface area (Å²) in [5.41, 5.74) is 0.713. The zero-order valence-electron chi connectivity index (χ0n) is 12.0. The van der Waals surface area contributed by atoms with Gasteiger partial charge < -0.3 is 9.72 Å². The normalized spacial score (nSPS) is 20.3. The molecule has 1 fully saturated rings. The Hall–Kier alpha value is -1.86. The summed E-state index contributed by atoms with van der Waals surface area (Å²) in [6.07, 6.45) is -2.68.